The molecule has 0 spiro atoms. The topological polar surface area (TPSA) is 79.0 Å². The van der Waals surface area contributed by atoms with Crippen LogP contribution in [0, 0.1) is 0 Å². The highest BCUT2D eigenvalue weighted by atomic mass is 16.5. The first-order valence-electron chi connectivity index (χ1n) is 5.02. The van der Waals surface area contributed by atoms with E-state index in [0.29, 0.717) is 13.1 Å². The smallest absolute Gasteiger partial charge is 0.0897 e. The number of nitrogens with zero attached hydrogens (tertiary/aromatic N) is 1. The maximum Gasteiger partial charge on any atom is 0.0897 e. The van der Waals surface area contributed by atoms with E-state index >= 15 is 0 Å². The van der Waals surface area contributed by atoms with Crippen molar-refractivity contribution in [2.24, 2.45) is 5.73 Å². The van der Waals surface area contributed by atoms with E-state index in [0.717, 1.165) is 13.1 Å². The van der Waals surface area contributed by atoms with Gasteiger partial charge in [0.05, 0.1) is 24.9 Å². The van der Waals surface area contributed by atoms with Crippen LogP contribution in [0.15, 0.2) is 0 Å². The molecule has 1 saturated heterocycles. The van der Waals surface area contributed by atoms with Crippen LogP contribution in [0.5, 0.6) is 0 Å². The van der Waals surface area contributed by atoms with Crippen molar-refractivity contribution in [3.05, 3.63) is 0 Å². The van der Waals surface area contributed by atoms with Crippen LogP contribution in [0.4, 0.5) is 0 Å². The Morgan fingerprint density at radius 2 is 2.29 bits per heavy atom. The molecule has 0 aliphatic carbocycles. The van der Waals surface area contributed by atoms with Crippen molar-refractivity contribution in [2.75, 3.05) is 32.8 Å². The molecule has 1 aliphatic rings. The van der Waals surface area contributed by atoms with Gasteiger partial charge in [-0.3, -0.25) is 4.90 Å². The Kier molecular flexibility index (Phi) is 4.77. The van der Waals surface area contributed by atoms with Crippen LogP contribution in [0.25, 0.3) is 0 Å². The lowest BCUT2D eigenvalue weighted by atomic mass is 10.2. The van der Waals surface area contributed by atoms with E-state index in [1.54, 1.807) is 0 Å². The predicted molar refractivity (Wildman–Crippen MR) is 52.9 cm³/mol. The fourth-order valence-corrected chi connectivity index (χ4v) is 1.78. The van der Waals surface area contributed by atoms with Crippen LogP contribution in [0.2, 0.25) is 0 Å². The van der Waals surface area contributed by atoms with E-state index < -0.39 is 6.10 Å². The van der Waals surface area contributed by atoms with Gasteiger partial charge in [-0.15, -0.1) is 0 Å². The third kappa shape index (κ3) is 3.51. The van der Waals surface area contributed by atoms with E-state index in [9.17, 15) is 5.11 Å². The van der Waals surface area contributed by atoms with Crippen molar-refractivity contribution in [2.45, 2.75) is 25.2 Å². The summed E-state index contributed by atoms with van der Waals surface area (Å²) in [5, 5.41) is 18.0. The number of β-amino-alcohol motifs (C(OH)–C–C–N with tert-alkyl or cyclic N) is 1. The van der Waals surface area contributed by atoms with E-state index in [4.69, 9.17) is 15.6 Å². The van der Waals surface area contributed by atoms with Gasteiger partial charge in [-0.2, -0.15) is 0 Å². The summed E-state index contributed by atoms with van der Waals surface area (Å²) in [7, 11) is 0. The zero-order valence-electron chi connectivity index (χ0n) is 8.59. The zero-order chi connectivity index (χ0) is 10.6. The molecule has 1 fully saturated rings. The van der Waals surface area contributed by atoms with Gasteiger partial charge in [-0.25, -0.2) is 0 Å². The molecule has 0 bridgehead atoms. The van der Waals surface area contributed by atoms with Crippen LogP contribution in [0.1, 0.15) is 6.92 Å². The van der Waals surface area contributed by atoms with Gasteiger partial charge in [0, 0.05) is 26.2 Å². The van der Waals surface area contributed by atoms with Crippen molar-refractivity contribution >= 4 is 0 Å². The van der Waals surface area contributed by atoms with E-state index in [-0.39, 0.29) is 18.8 Å². The Bertz CT molecular complexity index is 166. The number of nitrogens with two attached hydrogens (primary N) is 1. The summed E-state index contributed by atoms with van der Waals surface area (Å²) >= 11 is 0. The largest absolute Gasteiger partial charge is 0.394 e. The van der Waals surface area contributed by atoms with Crippen molar-refractivity contribution < 1.29 is 14.9 Å². The Hall–Kier alpha value is -0.200. The Balaban J connectivity index is 2.37. The number of rotatable bonds is 4. The molecule has 84 valence electrons. The highest BCUT2D eigenvalue weighted by molar-refractivity contribution is 4.77. The van der Waals surface area contributed by atoms with E-state index in [2.05, 4.69) is 4.90 Å². The number of hydrogen-bond acceptors (Lipinski definition) is 5. The minimum absolute atomic E-state index is 0.0460. The molecular weight excluding hydrogens is 184 g/mol. The van der Waals surface area contributed by atoms with Crippen LogP contribution >= 0.6 is 0 Å². The number of morpholine rings is 1. The van der Waals surface area contributed by atoms with Crippen molar-refractivity contribution in [1.82, 2.24) is 4.90 Å². The maximum atomic E-state index is 9.29. The number of aliphatic hydroxyl groups is 2. The third-order valence-corrected chi connectivity index (χ3v) is 2.34. The number of hydrogen-bond donors (Lipinski definition) is 3. The molecule has 0 aromatic rings. The number of ether oxygens (including phenoxy) is 1. The average molecular weight is 204 g/mol. The first-order chi connectivity index (χ1) is 6.65. The number of aliphatic hydroxyl groups excluding tert-OH is 2. The molecule has 1 rings (SSSR count). The molecule has 0 saturated carbocycles. The summed E-state index contributed by atoms with van der Waals surface area (Å²) in [5.74, 6) is 0. The van der Waals surface area contributed by atoms with Gasteiger partial charge in [-0.05, 0) is 6.92 Å². The molecule has 14 heavy (non-hydrogen) atoms. The summed E-state index contributed by atoms with van der Waals surface area (Å²) in [6.45, 7) is 4.29. The highest BCUT2D eigenvalue weighted by Crippen LogP contribution is 2.10. The molecule has 3 unspecified atom stereocenters. The van der Waals surface area contributed by atoms with Gasteiger partial charge in [0.15, 0.2) is 0 Å². The predicted octanol–water partition coefficient (Wildman–Crippen LogP) is -1.61. The van der Waals surface area contributed by atoms with Crippen molar-refractivity contribution in [3.8, 4) is 0 Å². The van der Waals surface area contributed by atoms with Crippen LogP contribution in [0.3, 0.4) is 0 Å². The molecule has 0 amide bonds. The minimum atomic E-state index is -0.668. The standard InChI is InChI=1S/C9H20N2O3/c1-7-3-11(4-8(13)6-12)5-9(2-10)14-7/h7-9,12-13H,2-6,10H2,1H3. The fourth-order valence-electron chi connectivity index (χ4n) is 1.78. The quantitative estimate of drug-likeness (QED) is 0.513. The molecule has 4 N–H and O–H groups in total. The lowest BCUT2D eigenvalue weighted by Crippen LogP contribution is -2.51. The minimum Gasteiger partial charge on any atom is -0.394 e. The Labute approximate surface area is 84.5 Å². The molecular formula is C9H20N2O3. The third-order valence-electron chi connectivity index (χ3n) is 2.34. The summed E-state index contributed by atoms with van der Waals surface area (Å²) in [4.78, 5) is 2.08. The maximum absolute atomic E-state index is 9.29. The second-order valence-electron chi connectivity index (χ2n) is 3.86. The van der Waals surface area contributed by atoms with Gasteiger partial charge >= 0.3 is 0 Å². The second kappa shape index (κ2) is 5.63. The molecule has 0 aromatic heterocycles. The Morgan fingerprint density at radius 1 is 1.57 bits per heavy atom. The zero-order valence-corrected chi connectivity index (χ0v) is 8.59. The molecule has 5 nitrogen and oxygen atoms in total. The highest BCUT2D eigenvalue weighted by Gasteiger charge is 2.25. The molecule has 0 radical (unpaired) electrons. The van der Waals surface area contributed by atoms with Gasteiger partial charge in [0.25, 0.3) is 0 Å². The van der Waals surface area contributed by atoms with Gasteiger partial charge < -0.3 is 20.7 Å². The summed E-state index contributed by atoms with van der Waals surface area (Å²) in [6, 6.07) is 0. The van der Waals surface area contributed by atoms with Gasteiger partial charge in [-0.1, -0.05) is 0 Å². The van der Waals surface area contributed by atoms with E-state index in [1.165, 1.54) is 0 Å². The summed E-state index contributed by atoms with van der Waals surface area (Å²) in [6.07, 6.45) is -0.480. The van der Waals surface area contributed by atoms with Gasteiger partial charge in [0.1, 0.15) is 0 Å². The molecule has 1 aliphatic heterocycles. The lowest BCUT2D eigenvalue weighted by molar-refractivity contribution is -0.0829. The van der Waals surface area contributed by atoms with Crippen LogP contribution in [-0.2, 0) is 4.74 Å². The fraction of sp³-hybridized carbons (Fsp3) is 1.00. The normalized spacial score (nSPS) is 31.7. The van der Waals surface area contributed by atoms with Crippen LogP contribution in [-0.4, -0.2) is 66.2 Å². The van der Waals surface area contributed by atoms with Gasteiger partial charge in [0.2, 0.25) is 0 Å². The lowest BCUT2D eigenvalue weighted by Gasteiger charge is -2.37. The molecule has 1 heterocycles. The second-order valence-corrected chi connectivity index (χ2v) is 3.86. The molecule has 0 aromatic carbocycles. The summed E-state index contributed by atoms with van der Waals surface area (Å²) < 4.78 is 5.57. The van der Waals surface area contributed by atoms with Crippen molar-refractivity contribution in [1.29, 1.82) is 0 Å². The van der Waals surface area contributed by atoms with Crippen LogP contribution < -0.4 is 5.73 Å². The first-order valence-corrected chi connectivity index (χ1v) is 5.02. The van der Waals surface area contributed by atoms with Crippen molar-refractivity contribution in [3.63, 3.8) is 0 Å². The molecule has 3 atom stereocenters. The summed E-state index contributed by atoms with van der Waals surface area (Å²) in [5.41, 5.74) is 5.53. The molecule has 5 heteroatoms. The monoisotopic (exact) mass is 204 g/mol. The van der Waals surface area contributed by atoms with E-state index in [1.807, 2.05) is 6.92 Å². The Morgan fingerprint density at radius 3 is 2.86 bits per heavy atom. The average Bonchev–Trinajstić information content (AvgIpc) is 2.16. The first kappa shape index (κ1) is 11.9. The SMILES string of the molecule is CC1CN(CC(O)CO)CC(CN)O1.